The van der Waals surface area contributed by atoms with Crippen LogP contribution in [0.5, 0.6) is 0 Å². The molecule has 0 aliphatic heterocycles. The van der Waals surface area contributed by atoms with E-state index in [2.05, 4.69) is 20.6 Å². The standard InChI is InChI=1S/C18H14F4N4/c1-11-5-2-3-8-15(11)25-17-23-10-14(18(20,21)22)16(26-17)24-13-7-4-6-12(19)9-13/h2-10H,1H3,(H2,23,24,25,26). The van der Waals surface area contributed by atoms with Crippen molar-refractivity contribution in [1.29, 1.82) is 0 Å². The highest BCUT2D eigenvalue weighted by Crippen LogP contribution is 2.35. The summed E-state index contributed by atoms with van der Waals surface area (Å²) >= 11 is 0. The topological polar surface area (TPSA) is 49.8 Å². The number of rotatable bonds is 4. The normalized spacial score (nSPS) is 11.3. The van der Waals surface area contributed by atoms with E-state index in [-0.39, 0.29) is 11.6 Å². The van der Waals surface area contributed by atoms with E-state index in [1.54, 1.807) is 12.1 Å². The number of alkyl halides is 3. The first kappa shape index (κ1) is 17.7. The highest BCUT2D eigenvalue weighted by molar-refractivity contribution is 5.64. The Kier molecular flexibility index (Phi) is 4.75. The van der Waals surface area contributed by atoms with E-state index >= 15 is 0 Å². The average Bonchev–Trinajstić information content (AvgIpc) is 2.56. The second-order valence-corrected chi connectivity index (χ2v) is 5.53. The van der Waals surface area contributed by atoms with Crippen LogP contribution in [0.1, 0.15) is 11.1 Å². The first-order valence-corrected chi connectivity index (χ1v) is 7.62. The molecule has 0 saturated carbocycles. The van der Waals surface area contributed by atoms with E-state index in [0.717, 1.165) is 11.6 Å². The van der Waals surface area contributed by atoms with Crippen molar-refractivity contribution in [2.75, 3.05) is 10.6 Å². The van der Waals surface area contributed by atoms with Crippen LogP contribution in [0.4, 0.5) is 40.7 Å². The molecule has 0 radical (unpaired) electrons. The summed E-state index contributed by atoms with van der Waals surface area (Å²) in [4.78, 5) is 7.67. The van der Waals surface area contributed by atoms with E-state index in [9.17, 15) is 17.6 Å². The van der Waals surface area contributed by atoms with Crippen LogP contribution in [-0.2, 0) is 6.18 Å². The Balaban J connectivity index is 1.98. The molecule has 0 unspecified atom stereocenters. The van der Waals surface area contributed by atoms with Crippen molar-refractivity contribution in [2.45, 2.75) is 13.1 Å². The Morgan fingerprint density at radius 3 is 2.42 bits per heavy atom. The second-order valence-electron chi connectivity index (χ2n) is 5.53. The maximum absolute atomic E-state index is 13.3. The van der Waals surface area contributed by atoms with Gasteiger partial charge in [-0.1, -0.05) is 24.3 Å². The number of benzene rings is 2. The van der Waals surface area contributed by atoms with Crippen LogP contribution in [0.25, 0.3) is 0 Å². The zero-order valence-corrected chi connectivity index (χ0v) is 13.6. The molecule has 134 valence electrons. The van der Waals surface area contributed by atoms with Crippen molar-refractivity contribution in [1.82, 2.24) is 9.97 Å². The summed E-state index contributed by atoms with van der Waals surface area (Å²) < 4.78 is 53.0. The van der Waals surface area contributed by atoms with Gasteiger partial charge in [0, 0.05) is 17.6 Å². The summed E-state index contributed by atoms with van der Waals surface area (Å²) in [6.07, 6.45) is -3.97. The molecule has 1 aromatic heterocycles. The lowest BCUT2D eigenvalue weighted by Gasteiger charge is -2.15. The van der Waals surface area contributed by atoms with Crippen LogP contribution in [0.2, 0.25) is 0 Å². The SMILES string of the molecule is Cc1ccccc1Nc1ncc(C(F)(F)F)c(Nc2cccc(F)c2)n1. The lowest BCUT2D eigenvalue weighted by Crippen LogP contribution is -2.12. The molecule has 0 aliphatic carbocycles. The molecule has 0 fully saturated rings. The first-order chi connectivity index (χ1) is 12.3. The summed E-state index contributed by atoms with van der Waals surface area (Å²) in [6.45, 7) is 1.85. The molecule has 3 rings (SSSR count). The van der Waals surface area contributed by atoms with E-state index in [4.69, 9.17) is 0 Å². The second kappa shape index (κ2) is 6.99. The molecule has 0 atom stereocenters. The third kappa shape index (κ3) is 4.08. The van der Waals surface area contributed by atoms with Crippen LogP contribution in [-0.4, -0.2) is 9.97 Å². The molecule has 2 N–H and O–H groups in total. The number of nitrogens with one attached hydrogen (secondary N) is 2. The number of aromatic nitrogens is 2. The minimum atomic E-state index is -4.66. The van der Waals surface area contributed by atoms with Crippen molar-refractivity contribution in [3.8, 4) is 0 Å². The Hall–Kier alpha value is -3.16. The molecule has 0 bridgehead atoms. The summed E-state index contributed by atoms with van der Waals surface area (Å²) in [7, 11) is 0. The van der Waals surface area contributed by atoms with Crippen LogP contribution in [0, 0.1) is 12.7 Å². The number of aryl methyl sites for hydroxylation is 1. The van der Waals surface area contributed by atoms with Gasteiger partial charge in [-0.2, -0.15) is 18.2 Å². The Morgan fingerprint density at radius 2 is 1.73 bits per heavy atom. The lowest BCUT2D eigenvalue weighted by molar-refractivity contribution is -0.137. The molecule has 26 heavy (non-hydrogen) atoms. The maximum Gasteiger partial charge on any atom is 0.421 e. The Bertz CT molecular complexity index is 925. The van der Waals surface area contributed by atoms with E-state index in [1.807, 2.05) is 19.1 Å². The highest BCUT2D eigenvalue weighted by Gasteiger charge is 2.35. The monoisotopic (exact) mass is 362 g/mol. The van der Waals surface area contributed by atoms with Crippen molar-refractivity contribution in [3.63, 3.8) is 0 Å². The Morgan fingerprint density at radius 1 is 0.962 bits per heavy atom. The molecule has 0 spiro atoms. The summed E-state index contributed by atoms with van der Waals surface area (Å²) in [6, 6.07) is 12.3. The van der Waals surface area contributed by atoms with Gasteiger partial charge in [0.25, 0.3) is 0 Å². The van der Waals surface area contributed by atoms with Crippen LogP contribution >= 0.6 is 0 Å². The van der Waals surface area contributed by atoms with Gasteiger partial charge >= 0.3 is 6.18 Å². The molecule has 8 heteroatoms. The average molecular weight is 362 g/mol. The van der Waals surface area contributed by atoms with Gasteiger partial charge in [0.05, 0.1) is 0 Å². The van der Waals surface area contributed by atoms with Gasteiger partial charge in [-0.15, -0.1) is 0 Å². The van der Waals surface area contributed by atoms with Crippen molar-refractivity contribution < 1.29 is 17.6 Å². The van der Waals surface area contributed by atoms with Crippen LogP contribution in [0.15, 0.2) is 54.7 Å². The molecular formula is C18H14F4N4. The molecule has 2 aromatic carbocycles. The van der Waals surface area contributed by atoms with Crippen LogP contribution < -0.4 is 10.6 Å². The smallest absolute Gasteiger partial charge is 0.339 e. The van der Waals surface area contributed by atoms with E-state index < -0.39 is 23.4 Å². The van der Waals surface area contributed by atoms with Gasteiger partial charge in [0.1, 0.15) is 17.2 Å². The highest BCUT2D eigenvalue weighted by atomic mass is 19.4. The summed E-state index contributed by atoms with van der Waals surface area (Å²) in [5, 5.41) is 5.39. The number of hydrogen-bond acceptors (Lipinski definition) is 4. The van der Waals surface area contributed by atoms with Crippen molar-refractivity contribution >= 4 is 23.1 Å². The summed E-state index contributed by atoms with van der Waals surface area (Å²) in [5.74, 6) is -1.05. The van der Waals surface area contributed by atoms with Crippen molar-refractivity contribution in [3.05, 3.63) is 71.7 Å². The van der Waals surface area contributed by atoms with Gasteiger partial charge in [-0.25, -0.2) is 9.37 Å². The maximum atomic E-state index is 13.3. The van der Waals surface area contributed by atoms with Gasteiger partial charge in [0.15, 0.2) is 0 Å². The number of nitrogens with zero attached hydrogens (tertiary/aromatic N) is 2. The number of hydrogen-bond donors (Lipinski definition) is 2. The number of para-hydroxylation sites is 1. The fourth-order valence-corrected chi connectivity index (χ4v) is 2.28. The summed E-state index contributed by atoms with van der Waals surface area (Å²) in [5.41, 5.74) is 0.660. The lowest BCUT2D eigenvalue weighted by atomic mass is 10.2. The molecule has 4 nitrogen and oxygen atoms in total. The quantitative estimate of drug-likeness (QED) is 0.608. The zero-order valence-electron chi connectivity index (χ0n) is 13.6. The first-order valence-electron chi connectivity index (χ1n) is 7.62. The fourth-order valence-electron chi connectivity index (χ4n) is 2.28. The zero-order chi connectivity index (χ0) is 18.7. The van der Waals surface area contributed by atoms with Crippen LogP contribution in [0.3, 0.4) is 0 Å². The van der Waals surface area contributed by atoms with Crippen molar-refractivity contribution in [2.24, 2.45) is 0 Å². The van der Waals surface area contributed by atoms with E-state index in [1.165, 1.54) is 18.2 Å². The molecule has 3 aromatic rings. The van der Waals surface area contributed by atoms with E-state index in [0.29, 0.717) is 11.9 Å². The third-order valence-corrected chi connectivity index (χ3v) is 3.57. The third-order valence-electron chi connectivity index (χ3n) is 3.57. The Labute approximate surface area is 146 Å². The number of anilines is 4. The molecule has 0 saturated heterocycles. The van der Waals surface area contributed by atoms with Gasteiger partial charge < -0.3 is 10.6 Å². The van der Waals surface area contributed by atoms with Gasteiger partial charge in [0.2, 0.25) is 5.95 Å². The van der Waals surface area contributed by atoms with Gasteiger partial charge in [-0.3, -0.25) is 0 Å². The minimum absolute atomic E-state index is 0.00815. The predicted molar refractivity (Wildman–Crippen MR) is 91.2 cm³/mol. The molecular weight excluding hydrogens is 348 g/mol. The number of halogens is 4. The largest absolute Gasteiger partial charge is 0.421 e. The fraction of sp³-hybridized carbons (Fsp3) is 0.111. The minimum Gasteiger partial charge on any atom is -0.339 e. The van der Waals surface area contributed by atoms with Gasteiger partial charge in [-0.05, 0) is 36.8 Å². The molecule has 0 amide bonds. The predicted octanol–water partition coefficient (Wildman–Crippen LogP) is 5.43. The molecule has 1 heterocycles. The molecule has 0 aliphatic rings.